The zero-order valence-corrected chi connectivity index (χ0v) is 17.2. The number of unbranched alkanes of at least 4 members (excludes halogenated alkanes) is 1. The fourth-order valence-corrected chi connectivity index (χ4v) is 3.40. The van der Waals surface area contributed by atoms with Gasteiger partial charge in [-0.1, -0.05) is 55.0 Å². The van der Waals surface area contributed by atoms with Gasteiger partial charge in [0.05, 0.1) is 13.2 Å². The highest BCUT2D eigenvalue weighted by atomic mass is 16.5. The SMILES string of the molecule is COC(=O)CCC/C=C\CN1C(=O)CCCCC1/C=C/C(=O)Cc1ccccc1. The lowest BCUT2D eigenvalue weighted by Crippen LogP contribution is -2.38. The summed E-state index contributed by atoms with van der Waals surface area (Å²) in [5, 5.41) is 0. The number of carbonyl (C=O) groups is 3. The molecular weight excluding hydrogens is 366 g/mol. The molecule has 1 saturated heterocycles. The van der Waals surface area contributed by atoms with Crippen LogP contribution < -0.4 is 0 Å². The Morgan fingerprint density at radius 3 is 2.72 bits per heavy atom. The number of nitrogens with zero attached hydrogens (tertiary/aromatic N) is 1. The van der Waals surface area contributed by atoms with Gasteiger partial charge in [-0.25, -0.2) is 0 Å². The van der Waals surface area contributed by atoms with Crippen molar-refractivity contribution < 1.29 is 19.1 Å². The molecule has 1 heterocycles. The van der Waals surface area contributed by atoms with E-state index in [-0.39, 0.29) is 23.7 Å². The average molecular weight is 398 g/mol. The summed E-state index contributed by atoms with van der Waals surface area (Å²) in [5.41, 5.74) is 0.992. The summed E-state index contributed by atoms with van der Waals surface area (Å²) >= 11 is 0. The van der Waals surface area contributed by atoms with E-state index in [0.29, 0.717) is 25.8 Å². The zero-order valence-electron chi connectivity index (χ0n) is 17.2. The number of esters is 1. The predicted octanol–water partition coefficient (Wildman–Crippen LogP) is 4.03. The van der Waals surface area contributed by atoms with Crippen molar-refractivity contribution in [2.45, 2.75) is 57.4 Å². The van der Waals surface area contributed by atoms with Crippen molar-refractivity contribution in [1.29, 1.82) is 0 Å². The van der Waals surface area contributed by atoms with Gasteiger partial charge in [0.1, 0.15) is 0 Å². The summed E-state index contributed by atoms with van der Waals surface area (Å²) in [6.07, 6.45) is 13.1. The second kappa shape index (κ2) is 12.7. The highest BCUT2D eigenvalue weighted by Gasteiger charge is 2.23. The normalized spacial score (nSPS) is 17.6. The summed E-state index contributed by atoms with van der Waals surface area (Å²) < 4.78 is 4.63. The van der Waals surface area contributed by atoms with Crippen LogP contribution >= 0.6 is 0 Å². The lowest BCUT2D eigenvalue weighted by atomic mass is 10.1. The molecule has 1 aromatic rings. The van der Waals surface area contributed by atoms with E-state index in [1.54, 1.807) is 6.08 Å². The number of ketones is 1. The number of hydrogen-bond acceptors (Lipinski definition) is 4. The largest absolute Gasteiger partial charge is 0.469 e. The summed E-state index contributed by atoms with van der Waals surface area (Å²) in [5.74, 6) is -0.0236. The first-order valence-corrected chi connectivity index (χ1v) is 10.4. The first kappa shape index (κ1) is 22.6. The van der Waals surface area contributed by atoms with E-state index in [2.05, 4.69) is 4.74 Å². The third-order valence-corrected chi connectivity index (χ3v) is 5.03. The topological polar surface area (TPSA) is 63.7 Å². The summed E-state index contributed by atoms with van der Waals surface area (Å²) in [4.78, 5) is 37.8. The van der Waals surface area contributed by atoms with E-state index < -0.39 is 0 Å². The van der Waals surface area contributed by atoms with Gasteiger partial charge in [-0.15, -0.1) is 0 Å². The summed E-state index contributed by atoms with van der Waals surface area (Å²) in [6.45, 7) is 0.527. The van der Waals surface area contributed by atoms with Crippen molar-refractivity contribution in [2.24, 2.45) is 0 Å². The van der Waals surface area contributed by atoms with Gasteiger partial charge in [0.15, 0.2) is 5.78 Å². The van der Waals surface area contributed by atoms with Crippen molar-refractivity contribution in [2.75, 3.05) is 13.7 Å². The second-order valence-corrected chi connectivity index (χ2v) is 7.29. The molecule has 0 N–H and O–H groups in total. The maximum absolute atomic E-state index is 12.5. The predicted molar refractivity (Wildman–Crippen MR) is 113 cm³/mol. The molecule has 0 bridgehead atoms. The number of benzene rings is 1. The summed E-state index contributed by atoms with van der Waals surface area (Å²) in [7, 11) is 1.39. The van der Waals surface area contributed by atoms with Crippen molar-refractivity contribution in [1.82, 2.24) is 4.90 Å². The van der Waals surface area contributed by atoms with Crippen LogP contribution in [0, 0.1) is 0 Å². The van der Waals surface area contributed by atoms with Crippen LogP contribution in [0.2, 0.25) is 0 Å². The lowest BCUT2D eigenvalue weighted by molar-refractivity contribution is -0.140. The Kier molecular flexibility index (Phi) is 9.90. The molecule has 0 aromatic heterocycles. The average Bonchev–Trinajstić information content (AvgIpc) is 2.90. The maximum atomic E-state index is 12.5. The van der Waals surface area contributed by atoms with Crippen molar-refractivity contribution in [3.05, 3.63) is 60.2 Å². The number of ether oxygens (including phenoxy) is 1. The van der Waals surface area contributed by atoms with Gasteiger partial charge in [-0.05, 0) is 37.3 Å². The van der Waals surface area contributed by atoms with Gasteiger partial charge in [0.2, 0.25) is 5.91 Å². The first-order valence-electron chi connectivity index (χ1n) is 10.4. The van der Waals surface area contributed by atoms with E-state index in [9.17, 15) is 14.4 Å². The molecule has 0 aliphatic carbocycles. The molecule has 156 valence electrons. The van der Waals surface area contributed by atoms with E-state index in [0.717, 1.165) is 37.7 Å². The molecule has 0 radical (unpaired) electrons. The second-order valence-electron chi connectivity index (χ2n) is 7.29. The zero-order chi connectivity index (χ0) is 20.9. The van der Waals surface area contributed by atoms with Crippen LogP contribution in [0.25, 0.3) is 0 Å². The Labute approximate surface area is 173 Å². The Hall–Kier alpha value is -2.69. The highest BCUT2D eigenvalue weighted by Crippen LogP contribution is 2.19. The monoisotopic (exact) mass is 397 g/mol. The van der Waals surface area contributed by atoms with E-state index in [1.165, 1.54) is 7.11 Å². The van der Waals surface area contributed by atoms with Gasteiger partial charge in [0, 0.05) is 25.8 Å². The van der Waals surface area contributed by atoms with Gasteiger partial charge >= 0.3 is 5.97 Å². The number of methoxy groups -OCH3 is 1. The van der Waals surface area contributed by atoms with Crippen LogP contribution in [0.15, 0.2) is 54.6 Å². The number of allylic oxidation sites excluding steroid dienone is 2. The Balaban J connectivity index is 1.89. The van der Waals surface area contributed by atoms with Crippen molar-refractivity contribution in [3.63, 3.8) is 0 Å². The van der Waals surface area contributed by atoms with Gasteiger partial charge in [-0.3, -0.25) is 14.4 Å². The molecule has 1 aliphatic rings. The molecule has 5 heteroatoms. The first-order chi connectivity index (χ1) is 14.1. The molecular formula is C24H31NO4. The van der Waals surface area contributed by atoms with Crippen LogP contribution in [0.4, 0.5) is 0 Å². The molecule has 1 amide bonds. The highest BCUT2D eigenvalue weighted by molar-refractivity contribution is 5.91. The van der Waals surface area contributed by atoms with Crippen LogP contribution in [-0.4, -0.2) is 42.3 Å². The molecule has 1 aliphatic heterocycles. The number of carbonyl (C=O) groups excluding carboxylic acids is 3. The molecule has 0 saturated carbocycles. The van der Waals surface area contributed by atoms with E-state index >= 15 is 0 Å². The standard InChI is InChI=1S/C24H31NO4/c1-29-24(28)15-7-2-3-10-18-25-21(13-8-9-14-23(25)27)16-17-22(26)19-20-11-5-4-6-12-20/h3-6,10-12,16-17,21H,2,7-9,13-15,18-19H2,1H3/b10-3-,17-16+. The van der Waals surface area contributed by atoms with Gasteiger partial charge < -0.3 is 9.64 Å². The third-order valence-electron chi connectivity index (χ3n) is 5.03. The Morgan fingerprint density at radius 1 is 1.17 bits per heavy atom. The Bertz CT molecular complexity index is 724. The summed E-state index contributed by atoms with van der Waals surface area (Å²) in [6, 6.07) is 9.62. The molecule has 5 nitrogen and oxygen atoms in total. The number of hydrogen-bond donors (Lipinski definition) is 0. The smallest absolute Gasteiger partial charge is 0.305 e. The molecule has 1 unspecified atom stereocenters. The minimum absolute atomic E-state index is 0.0474. The third kappa shape index (κ3) is 8.46. The van der Waals surface area contributed by atoms with Crippen LogP contribution in [0.5, 0.6) is 0 Å². The van der Waals surface area contributed by atoms with Gasteiger partial charge in [-0.2, -0.15) is 0 Å². The van der Waals surface area contributed by atoms with Crippen LogP contribution in [0.3, 0.4) is 0 Å². The molecule has 1 aromatic carbocycles. The van der Waals surface area contributed by atoms with Crippen molar-refractivity contribution in [3.8, 4) is 0 Å². The lowest BCUT2D eigenvalue weighted by Gasteiger charge is -2.26. The molecule has 1 fully saturated rings. The molecule has 2 rings (SSSR count). The van der Waals surface area contributed by atoms with Crippen LogP contribution in [-0.2, 0) is 25.5 Å². The van der Waals surface area contributed by atoms with E-state index in [4.69, 9.17) is 0 Å². The fraction of sp³-hybridized carbons (Fsp3) is 0.458. The number of amides is 1. The molecule has 29 heavy (non-hydrogen) atoms. The Morgan fingerprint density at radius 2 is 1.97 bits per heavy atom. The van der Waals surface area contributed by atoms with Gasteiger partial charge in [0.25, 0.3) is 0 Å². The fourth-order valence-electron chi connectivity index (χ4n) is 3.40. The number of rotatable bonds is 10. The van der Waals surface area contributed by atoms with E-state index in [1.807, 2.05) is 53.5 Å². The minimum atomic E-state index is -0.202. The molecule has 0 spiro atoms. The maximum Gasteiger partial charge on any atom is 0.305 e. The van der Waals surface area contributed by atoms with Crippen molar-refractivity contribution >= 4 is 17.7 Å². The minimum Gasteiger partial charge on any atom is -0.469 e. The van der Waals surface area contributed by atoms with Crippen LogP contribution in [0.1, 0.15) is 50.5 Å². The number of likely N-dealkylation sites (tertiary alicyclic amines) is 1. The quantitative estimate of drug-likeness (QED) is 0.259. The molecule has 1 atom stereocenters.